The predicted octanol–water partition coefficient (Wildman–Crippen LogP) is 2.47. The highest BCUT2D eigenvalue weighted by Gasteiger charge is 2.27. The van der Waals surface area contributed by atoms with Gasteiger partial charge in [0.15, 0.2) is 0 Å². The SMILES string of the molecule is COCCC(=O)N1CCC(Oc2ccc(C(=O)N3CCCC[C@@H]3CCO)cc2)CC1. The van der Waals surface area contributed by atoms with Crippen molar-refractivity contribution in [3.8, 4) is 5.75 Å². The molecule has 1 aromatic rings. The van der Waals surface area contributed by atoms with E-state index in [1.165, 1.54) is 0 Å². The number of likely N-dealkylation sites (tertiary alicyclic amines) is 2. The minimum Gasteiger partial charge on any atom is -0.490 e. The van der Waals surface area contributed by atoms with Gasteiger partial charge in [0, 0.05) is 57.8 Å². The highest BCUT2D eigenvalue weighted by atomic mass is 16.5. The van der Waals surface area contributed by atoms with Crippen LogP contribution in [0.5, 0.6) is 5.75 Å². The van der Waals surface area contributed by atoms with Crippen molar-refractivity contribution in [1.82, 2.24) is 9.80 Å². The molecule has 7 nitrogen and oxygen atoms in total. The second-order valence-corrected chi connectivity index (χ2v) is 8.13. The standard InChI is InChI=1S/C23H34N2O5/c1-29-17-12-22(27)24-14-9-21(10-15-24)30-20-7-5-18(6-8-20)23(28)25-13-3-2-4-19(25)11-16-26/h5-8,19,21,26H,2-4,9-17H2,1H3/t19-/m1/s1. The fourth-order valence-electron chi connectivity index (χ4n) is 4.32. The van der Waals surface area contributed by atoms with Gasteiger partial charge in [-0.3, -0.25) is 9.59 Å². The zero-order valence-corrected chi connectivity index (χ0v) is 17.9. The van der Waals surface area contributed by atoms with E-state index < -0.39 is 0 Å². The van der Waals surface area contributed by atoms with Gasteiger partial charge in [0.25, 0.3) is 5.91 Å². The fraction of sp³-hybridized carbons (Fsp3) is 0.652. The number of ether oxygens (including phenoxy) is 2. The molecule has 0 unspecified atom stereocenters. The summed E-state index contributed by atoms with van der Waals surface area (Å²) in [5.74, 6) is 0.916. The lowest BCUT2D eigenvalue weighted by molar-refractivity contribution is -0.133. The summed E-state index contributed by atoms with van der Waals surface area (Å²) >= 11 is 0. The maximum Gasteiger partial charge on any atom is 0.254 e. The highest BCUT2D eigenvalue weighted by Crippen LogP contribution is 2.24. The number of amides is 2. The van der Waals surface area contributed by atoms with Gasteiger partial charge >= 0.3 is 0 Å². The second kappa shape index (κ2) is 11.3. The molecule has 2 saturated heterocycles. The van der Waals surface area contributed by atoms with Gasteiger partial charge in [-0.1, -0.05) is 0 Å². The first-order chi connectivity index (χ1) is 14.6. The number of aliphatic hydroxyl groups excluding tert-OH is 1. The van der Waals surface area contributed by atoms with Crippen LogP contribution in [-0.2, 0) is 9.53 Å². The van der Waals surface area contributed by atoms with Crippen LogP contribution in [0.2, 0.25) is 0 Å². The highest BCUT2D eigenvalue weighted by molar-refractivity contribution is 5.94. The Morgan fingerprint density at radius 3 is 2.47 bits per heavy atom. The molecule has 2 aliphatic rings. The molecular formula is C23H34N2O5. The van der Waals surface area contributed by atoms with E-state index in [1.807, 2.05) is 34.1 Å². The molecule has 0 aliphatic carbocycles. The van der Waals surface area contributed by atoms with Crippen LogP contribution in [0.3, 0.4) is 0 Å². The lowest BCUT2D eigenvalue weighted by Crippen LogP contribution is -2.44. The first kappa shape index (κ1) is 22.6. The first-order valence-electron chi connectivity index (χ1n) is 11.1. The van der Waals surface area contributed by atoms with E-state index >= 15 is 0 Å². The van der Waals surface area contributed by atoms with E-state index in [4.69, 9.17) is 9.47 Å². The average molecular weight is 419 g/mol. The Bertz CT molecular complexity index is 683. The third-order valence-corrected chi connectivity index (χ3v) is 6.07. The monoisotopic (exact) mass is 418 g/mol. The molecule has 166 valence electrons. The third kappa shape index (κ3) is 5.95. The third-order valence-electron chi connectivity index (χ3n) is 6.07. The summed E-state index contributed by atoms with van der Waals surface area (Å²) in [7, 11) is 1.60. The van der Waals surface area contributed by atoms with E-state index in [1.54, 1.807) is 7.11 Å². The van der Waals surface area contributed by atoms with Gasteiger partial charge in [-0.2, -0.15) is 0 Å². The molecule has 2 fully saturated rings. The Kier molecular flexibility index (Phi) is 8.51. The van der Waals surface area contributed by atoms with Crippen molar-refractivity contribution in [3.63, 3.8) is 0 Å². The Morgan fingerprint density at radius 1 is 1.07 bits per heavy atom. The summed E-state index contributed by atoms with van der Waals surface area (Å²) in [5.41, 5.74) is 0.658. The van der Waals surface area contributed by atoms with Crippen molar-refractivity contribution < 1.29 is 24.2 Å². The molecule has 3 rings (SSSR count). The molecular weight excluding hydrogens is 384 g/mol. The largest absolute Gasteiger partial charge is 0.490 e. The maximum atomic E-state index is 12.9. The van der Waals surface area contributed by atoms with Crippen molar-refractivity contribution >= 4 is 11.8 Å². The summed E-state index contributed by atoms with van der Waals surface area (Å²) in [6, 6.07) is 7.49. The molecule has 0 bridgehead atoms. The average Bonchev–Trinajstić information content (AvgIpc) is 2.78. The van der Waals surface area contributed by atoms with E-state index in [2.05, 4.69) is 0 Å². The summed E-state index contributed by atoms with van der Waals surface area (Å²) in [6.07, 6.45) is 5.83. The Labute approximate surface area is 178 Å². The number of methoxy groups -OCH3 is 1. The molecule has 30 heavy (non-hydrogen) atoms. The van der Waals surface area contributed by atoms with Crippen LogP contribution >= 0.6 is 0 Å². The van der Waals surface area contributed by atoms with Gasteiger partial charge < -0.3 is 24.4 Å². The Balaban J connectivity index is 1.50. The lowest BCUT2D eigenvalue weighted by Gasteiger charge is -2.35. The van der Waals surface area contributed by atoms with E-state index in [0.717, 1.165) is 44.4 Å². The quantitative estimate of drug-likeness (QED) is 0.702. The number of hydrogen-bond acceptors (Lipinski definition) is 5. The molecule has 7 heteroatoms. The van der Waals surface area contributed by atoms with Crippen LogP contribution in [0, 0.1) is 0 Å². The number of benzene rings is 1. The predicted molar refractivity (Wildman–Crippen MR) is 114 cm³/mol. The van der Waals surface area contributed by atoms with E-state index in [0.29, 0.717) is 38.1 Å². The lowest BCUT2D eigenvalue weighted by atomic mass is 9.98. The van der Waals surface area contributed by atoms with Crippen LogP contribution < -0.4 is 4.74 Å². The van der Waals surface area contributed by atoms with Gasteiger partial charge in [-0.25, -0.2) is 0 Å². The van der Waals surface area contributed by atoms with Crippen LogP contribution in [-0.4, -0.2) is 78.8 Å². The second-order valence-electron chi connectivity index (χ2n) is 8.13. The van der Waals surface area contributed by atoms with Crippen molar-refractivity contribution in [2.75, 3.05) is 40.0 Å². The van der Waals surface area contributed by atoms with Crippen LogP contribution in [0.25, 0.3) is 0 Å². The Hall–Kier alpha value is -2.12. The van der Waals surface area contributed by atoms with Crippen LogP contribution in [0.1, 0.15) is 55.3 Å². The van der Waals surface area contributed by atoms with Gasteiger partial charge in [-0.15, -0.1) is 0 Å². The zero-order valence-electron chi connectivity index (χ0n) is 17.9. The summed E-state index contributed by atoms with van der Waals surface area (Å²) in [5, 5.41) is 9.28. The molecule has 1 aromatic carbocycles. The number of hydrogen-bond donors (Lipinski definition) is 1. The number of carbonyl (C=O) groups is 2. The molecule has 1 N–H and O–H groups in total. The molecule has 2 amide bonds. The van der Waals surface area contributed by atoms with Crippen molar-refractivity contribution in [1.29, 1.82) is 0 Å². The maximum absolute atomic E-state index is 12.9. The van der Waals surface area contributed by atoms with Crippen LogP contribution in [0.15, 0.2) is 24.3 Å². The Morgan fingerprint density at radius 2 is 1.80 bits per heavy atom. The zero-order chi connectivity index (χ0) is 21.3. The summed E-state index contributed by atoms with van der Waals surface area (Å²) in [6.45, 7) is 2.72. The van der Waals surface area contributed by atoms with Gasteiger partial charge in [0.05, 0.1) is 13.0 Å². The van der Waals surface area contributed by atoms with Crippen molar-refractivity contribution in [3.05, 3.63) is 29.8 Å². The molecule has 0 saturated carbocycles. The summed E-state index contributed by atoms with van der Waals surface area (Å²) in [4.78, 5) is 28.8. The number of aliphatic hydroxyl groups is 1. The molecule has 2 heterocycles. The fourth-order valence-corrected chi connectivity index (χ4v) is 4.32. The minimum atomic E-state index is 0.0302. The van der Waals surface area contributed by atoms with E-state index in [-0.39, 0.29) is 30.6 Å². The molecule has 0 spiro atoms. The molecule has 2 aliphatic heterocycles. The van der Waals surface area contributed by atoms with E-state index in [9.17, 15) is 14.7 Å². The van der Waals surface area contributed by atoms with Crippen LogP contribution in [0.4, 0.5) is 0 Å². The first-order valence-corrected chi connectivity index (χ1v) is 11.1. The smallest absolute Gasteiger partial charge is 0.254 e. The number of nitrogens with zero attached hydrogens (tertiary/aromatic N) is 2. The van der Waals surface area contributed by atoms with Gasteiger partial charge in [-0.05, 0) is 49.9 Å². The number of rotatable bonds is 8. The topological polar surface area (TPSA) is 79.3 Å². The molecule has 1 atom stereocenters. The molecule has 0 aromatic heterocycles. The van der Waals surface area contributed by atoms with Gasteiger partial charge in [0.2, 0.25) is 5.91 Å². The van der Waals surface area contributed by atoms with Crippen molar-refractivity contribution in [2.24, 2.45) is 0 Å². The number of piperidine rings is 2. The summed E-state index contributed by atoms with van der Waals surface area (Å²) < 4.78 is 11.1. The van der Waals surface area contributed by atoms with Crippen molar-refractivity contribution in [2.45, 2.75) is 57.1 Å². The minimum absolute atomic E-state index is 0.0302. The number of carbonyl (C=O) groups excluding carboxylic acids is 2. The normalized spacial score (nSPS) is 20.3. The van der Waals surface area contributed by atoms with Gasteiger partial charge in [0.1, 0.15) is 11.9 Å². The molecule has 0 radical (unpaired) electrons.